The van der Waals surface area contributed by atoms with Gasteiger partial charge in [0.2, 0.25) is 10.0 Å². The second-order valence-electron chi connectivity index (χ2n) is 8.15. The molecule has 3 atom stereocenters. The molecule has 1 aliphatic heterocycles. The van der Waals surface area contributed by atoms with Gasteiger partial charge in [-0.25, -0.2) is 8.42 Å². The van der Waals surface area contributed by atoms with Crippen LogP contribution < -0.4 is 4.74 Å². The Bertz CT molecular complexity index is 1060. The van der Waals surface area contributed by atoms with E-state index in [0.717, 1.165) is 5.56 Å². The molecular formula is C23H29N3O4S. The minimum Gasteiger partial charge on any atom is -0.487 e. The molecule has 0 radical (unpaired) electrons. The van der Waals surface area contributed by atoms with Crippen LogP contribution in [0.4, 0.5) is 0 Å². The maximum absolute atomic E-state index is 13.4. The molecule has 1 aromatic carbocycles. The summed E-state index contributed by atoms with van der Waals surface area (Å²) in [5.74, 6) is 6.34. The number of hydrogen-bond acceptors (Lipinski definition) is 6. The van der Waals surface area contributed by atoms with E-state index >= 15 is 0 Å². The van der Waals surface area contributed by atoms with Crippen LogP contribution in [0.3, 0.4) is 0 Å². The van der Waals surface area contributed by atoms with Crippen molar-refractivity contribution in [1.82, 2.24) is 14.2 Å². The molecule has 1 aliphatic rings. The van der Waals surface area contributed by atoms with Gasteiger partial charge in [0.25, 0.3) is 0 Å². The van der Waals surface area contributed by atoms with E-state index < -0.39 is 16.1 Å². The summed E-state index contributed by atoms with van der Waals surface area (Å²) in [5.41, 5.74) is 1.47. The quantitative estimate of drug-likeness (QED) is 0.726. The van der Waals surface area contributed by atoms with Crippen LogP contribution in [0.15, 0.2) is 47.6 Å². The lowest BCUT2D eigenvalue weighted by molar-refractivity contribution is 0.0812. The van der Waals surface area contributed by atoms with E-state index in [2.05, 4.69) is 16.8 Å². The van der Waals surface area contributed by atoms with Crippen molar-refractivity contribution < 1.29 is 18.3 Å². The molecule has 0 bridgehead atoms. The molecule has 0 spiro atoms. The van der Waals surface area contributed by atoms with Crippen molar-refractivity contribution in [1.29, 1.82) is 0 Å². The van der Waals surface area contributed by atoms with Gasteiger partial charge in [-0.2, -0.15) is 4.31 Å². The summed E-state index contributed by atoms with van der Waals surface area (Å²) in [6, 6.07) is 7.99. The lowest BCUT2D eigenvalue weighted by atomic mass is 10.0. The van der Waals surface area contributed by atoms with Crippen molar-refractivity contribution in [2.45, 2.75) is 30.9 Å². The van der Waals surface area contributed by atoms with Gasteiger partial charge in [0.05, 0.1) is 6.61 Å². The molecule has 0 saturated carbocycles. The lowest BCUT2D eigenvalue weighted by Gasteiger charge is -2.37. The Morgan fingerprint density at radius 2 is 1.90 bits per heavy atom. The molecule has 7 nitrogen and oxygen atoms in total. The summed E-state index contributed by atoms with van der Waals surface area (Å²) in [7, 11) is 0.0668. The number of sulfonamides is 1. The number of likely N-dealkylation sites (N-methyl/N-ethyl adjacent to an activating group) is 1. The van der Waals surface area contributed by atoms with Crippen LogP contribution in [-0.2, 0) is 10.0 Å². The highest BCUT2D eigenvalue weighted by Gasteiger charge is 2.37. The summed E-state index contributed by atoms with van der Waals surface area (Å²) >= 11 is 0. The molecule has 31 heavy (non-hydrogen) atoms. The van der Waals surface area contributed by atoms with Gasteiger partial charge in [-0.1, -0.05) is 18.8 Å². The van der Waals surface area contributed by atoms with Gasteiger partial charge >= 0.3 is 0 Å². The van der Waals surface area contributed by atoms with Crippen molar-refractivity contribution in [2.75, 3.05) is 33.8 Å². The third-order valence-corrected chi connectivity index (χ3v) is 7.26. The van der Waals surface area contributed by atoms with Gasteiger partial charge in [-0.15, -0.1) is 0 Å². The maximum atomic E-state index is 13.4. The van der Waals surface area contributed by atoms with Gasteiger partial charge in [-0.3, -0.25) is 4.98 Å². The number of ether oxygens (including phenoxy) is 1. The minimum absolute atomic E-state index is 0.0779. The minimum atomic E-state index is -3.84. The van der Waals surface area contributed by atoms with Gasteiger partial charge in [-0.05, 0) is 51.4 Å². The normalized spacial score (nSPS) is 21.7. The Morgan fingerprint density at radius 1 is 1.23 bits per heavy atom. The summed E-state index contributed by atoms with van der Waals surface area (Å²) in [5, 5.41) is 9.68. The number of aromatic nitrogens is 1. The Hall–Kier alpha value is -2.44. The number of nitrogens with zero attached hydrogens (tertiary/aromatic N) is 3. The van der Waals surface area contributed by atoms with E-state index in [0.29, 0.717) is 12.1 Å². The van der Waals surface area contributed by atoms with Gasteiger partial charge in [0.15, 0.2) is 0 Å². The first-order valence-corrected chi connectivity index (χ1v) is 11.7. The predicted molar refractivity (Wildman–Crippen MR) is 119 cm³/mol. The Morgan fingerprint density at radius 3 is 2.55 bits per heavy atom. The number of pyridine rings is 1. The molecule has 2 heterocycles. The van der Waals surface area contributed by atoms with Crippen molar-refractivity contribution in [3.63, 3.8) is 0 Å². The van der Waals surface area contributed by atoms with Crippen LogP contribution in [-0.4, -0.2) is 73.7 Å². The van der Waals surface area contributed by atoms with Gasteiger partial charge in [0, 0.05) is 48.6 Å². The van der Waals surface area contributed by atoms with Crippen LogP contribution in [0.25, 0.3) is 0 Å². The zero-order chi connectivity index (χ0) is 22.6. The molecule has 2 aromatic rings. The number of hydrogen-bond donors (Lipinski definition) is 1. The van der Waals surface area contributed by atoms with E-state index in [4.69, 9.17) is 4.74 Å². The van der Waals surface area contributed by atoms with Crippen LogP contribution >= 0.6 is 0 Å². The molecule has 0 saturated heterocycles. The first kappa shape index (κ1) is 23.2. The van der Waals surface area contributed by atoms with Crippen LogP contribution in [0.5, 0.6) is 5.75 Å². The van der Waals surface area contributed by atoms with Gasteiger partial charge in [0.1, 0.15) is 16.7 Å². The zero-order valence-corrected chi connectivity index (χ0v) is 19.1. The highest BCUT2D eigenvalue weighted by Crippen LogP contribution is 2.34. The fraction of sp³-hybridized carbons (Fsp3) is 0.435. The number of aliphatic hydroxyl groups excluding tert-OH is 1. The van der Waals surface area contributed by atoms with Crippen LogP contribution in [0.2, 0.25) is 0 Å². The summed E-state index contributed by atoms with van der Waals surface area (Å²) in [4.78, 5) is 6.09. The largest absolute Gasteiger partial charge is 0.487 e. The Balaban J connectivity index is 2.08. The van der Waals surface area contributed by atoms with Crippen molar-refractivity contribution in [3.05, 3.63) is 53.9 Å². The molecule has 0 fully saturated rings. The number of fused-ring (bicyclic) bond motifs is 1. The fourth-order valence-electron chi connectivity index (χ4n) is 3.46. The molecule has 0 amide bonds. The number of aliphatic hydroxyl groups is 1. The first-order valence-electron chi connectivity index (χ1n) is 10.2. The van der Waals surface area contributed by atoms with Gasteiger partial charge < -0.3 is 14.7 Å². The SMILES string of the molecule is C[C@H]1CN([C@@H](C)CO)S(=O)(=O)c2ccc(C#Cc3ccncc3)cc2O[C@H]1CN(C)C. The maximum Gasteiger partial charge on any atom is 0.247 e. The Kier molecular flexibility index (Phi) is 7.34. The molecule has 1 aromatic heterocycles. The third-order valence-electron chi connectivity index (χ3n) is 5.24. The second-order valence-corrected chi connectivity index (χ2v) is 10.0. The van der Waals surface area contributed by atoms with Crippen LogP contribution in [0.1, 0.15) is 25.0 Å². The predicted octanol–water partition coefficient (Wildman–Crippen LogP) is 1.81. The molecule has 3 rings (SSSR count). The standard InChI is InChI=1S/C23H29N3O4S/c1-17-14-26(18(2)16-27)31(28,29)23-8-7-20(6-5-19-9-11-24-12-10-19)13-21(23)30-22(17)15-25(3)4/h7-13,17-18,22,27H,14-16H2,1-4H3/t17-,18-,22-/m0/s1. The average molecular weight is 444 g/mol. The zero-order valence-electron chi connectivity index (χ0n) is 18.3. The average Bonchev–Trinajstić information content (AvgIpc) is 2.74. The summed E-state index contributed by atoms with van der Waals surface area (Å²) in [6.07, 6.45) is 3.12. The van der Waals surface area contributed by atoms with E-state index in [1.165, 1.54) is 4.31 Å². The van der Waals surface area contributed by atoms with E-state index in [-0.39, 0.29) is 35.8 Å². The van der Waals surface area contributed by atoms with Crippen molar-refractivity contribution in [3.8, 4) is 17.6 Å². The van der Waals surface area contributed by atoms with E-state index in [1.807, 2.05) is 38.1 Å². The molecule has 0 unspecified atom stereocenters. The molecule has 166 valence electrons. The number of benzene rings is 1. The van der Waals surface area contributed by atoms with E-state index in [1.54, 1.807) is 37.5 Å². The summed E-state index contributed by atoms with van der Waals surface area (Å²) in [6.45, 7) is 4.33. The first-order chi connectivity index (χ1) is 14.7. The van der Waals surface area contributed by atoms with Crippen molar-refractivity contribution in [2.24, 2.45) is 5.92 Å². The lowest BCUT2D eigenvalue weighted by Crippen LogP contribution is -2.49. The topological polar surface area (TPSA) is 83.0 Å². The third kappa shape index (κ3) is 5.43. The molecule has 8 heteroatoms. The highest BCUT2D eigenvalue weighted by atomic mass is 32.2. The molecule has 0 aliphatic carbocycles. The second kappa shape index (κ2) is 9.79. The Labute approximate surface area is 184 Å². The molecule has 1 N–H and O–H groups in total. The monoisotopic (exact) mass is 443 g/mol. The molecular weight excluding hydrogens is 414 g/mol. The van der Waals surface area contributed by atoms with Crippen molar-refractivity contribution >= 4 is 10.0 Å². The van der Waals surface area contributed by atoms with Crippen LogP contribution in [0, 0.1) is 17.8 Å². The van der Waals surface area contributed by atoms with E-state index in [9.17, 15) is 13.5 Å². The summed E-state index contributed by atoms with van der Waals surface area (Å²) < 4.78 is 34.5. The number of rotatable bonds is 4. The fourth-order valence-corrected chi connectivity index (χ4v) is 5.29. The smallest absolute Gasteiger partial charge is 0.247 e. The highest BCUT2D eigenvalue weighted by molar-refractivity contribution is 7.89.